The molecular weight excluding hydrogens is 413 g/mol. The van der Waals surface area contributed by atoms with E-state index in [1.807, 2.05) is 12.3 Å². The van der Waals surface area contributed by atoms with E-state index < -0.39 is 12.1 Å². The molecule has 168 valence electrons. The van der Waals surface area contributed by atoms with Gasteiger partial charge in [-0.3, -0.25) is 9.69 Å². The number of rotatable bonds is 4. The van der Waals surface area contributed by atoms with E-state index >= 15 is 0 Å². The molecule has 31 heavy (non-hydrogen) atoms. The Kier molecular flexibility index (Phi) is 6.99. The molecule has 2 heterocycles. The van der Waals surface area contributed by atoms with Crippen LogP contribution < -0.4 is 5.32 Å². The van der Waals surface area contributed by atoms with Crippen LogP contribution in [0.5, 0.6) is 0 Å². The zero-order valence-electron chi connectivity index (χ0n) is 17.1. The van der Waals surface area contributed by atoms with E-state index in [2.05, 4.69) is 51.0 Å². The standard InChI is InChI=1S/C19H24N4O.C2HF3O2/c1-14-18-21-17(19(24)20-16-8-5-9-16)13-23(18)11-10-22(14)12-15-6-3-2-4-7-15;3-2(4,5)1(6)7/h2-4,6-7,13-14,16H,5,8-12H2,1H3,(H,20,24);(H,6,7). The SMILES string of the molecule is CC1c2nc(C(=O)NC3CCC3)cn2CCN1Cc1ccccc1.O=C(O)C(F)(F)F. The van der Waals surface area contributed by atoms with Gasteiger partial charge in [0.2, 0.25) is 0 Å². The number of carbonyl (C=O) groups is 2. The third kappa shape index (κ3) is 5.84. The zero-order chi connectivity index (χ0) is 22.6. The van der Waals surface area contributed by atoms with Crippen LogP contribution in [0.2, 0.25) is 0 Å². The summed E-state index contributed by atoms with van der Waals surface area (Å²) in [5, 5.41) is 10.2. The highest BCUT2D eigenvalue weighted by molar-refractivity contribution is 5.92. The molecule has 1 fully saturated rings. The van der Waals surface area contributed by atoms with Crippen LogP contribution in [0, 0.1) is 0 Å². The first-order valence-electron chi connectivity index (χ1n) is 10.1. The smallest absolute Gasteiger partial charge is 0.475 e. The minimum atomic E-state index is -5.08. The zero-order valence-corrected chi connectivity index (χ0v) is 17.1. The van der Waals surface area contributed by atoms with Crippen LogP contribution in [0.1, 0.15) is 54.1 Å². The van der Waals surface area contributed by atoms with Gasteiger partial charge in [-0.15, -0.1) is 0 Å². The second-order valence-corrected chi connectivity index (χ2v) is 7.71. The second kappa shape index (κ2) is 9.51. The molecule has 1 unspecified atom stereocenters. The number of fused-ring (bicyclic) bond motifs is 1. The van der Waals surface area contributed by atoms with Crippen molar-refractivity contribution in [1.82, 2.24) is 19.8 Å². The number of hydrogen-bond donors (Lipinski definition) is 2. The lowest BCUT2D eigenvalue weighted by Crippen LogP contribution is -2.39. The Balaban J connectivity index is 0.000000339. The van der Waals surface area contributed by atoms with Gasteiger partial charge in [-0.1, -0.05) is 30.3 Å². The normalized spacial score (nSPS) is 18.9. The van der Waals surface area contributed by atoms with Gasteiger partial charge in [0, 0.05) is 31.9 Å². The lowest BCUT2D eigenvalue weighted by Gasteiger charge is -2.33. The molecule has 0 radical (unpaired) electrons. The van der Waals surface area contributed by atoms with E-state index in [1.165, 1.54) is 12.0 Å². The van der Waals surface area contributed by atoms with Crippen molar-refractivity contribution in [3.05, 3.63) is 53.6 Å². The van der Waals surface area contributed by atoms with Gasteiger partial charge in [-0.25, -0.2) is 9.78 Å². The van der Waals surface area contributed by atoms with Gasteiger partial charge < -0.3 is 15.0 Å². The monoisotopic (exact) mass is 438 g/mol. The molecule has 7 nitrogen and oxygen atoms in total. The molecule has 1 aromatic heterocycles. The fourth-order valence-corrected chi connectivity index (χ4v) is 3.49. The molecule has 1 aliphatic heterocycles. The number of alkyl halides is 3. The summed E-state index contributed by atoms with van der Waals surface area (Å²) in [6.45, 7) is 4.95. The number of nitrogens with zero attached hydrogens (tertiary/aromatic N) is 3. The van der Waals surface area contributed by atoms with Crippen LogP contribution in [0.25, 0.3) is 0 Å². The van der Waals surface area contributed by atoms with Crippen molar-refractivity contribution >= 4 is 11.9 Å². The summed E-state index contributed by atoms with van der Waals surface area (Å²) in [6, 6.07) is 11.1. The molecule has 10 heteroatoms. The number of benzene rings is 1. The maximum atomic E-state index is 12.3. The van der Waals surface area contributed by atoms with Crippen molar-refractivity contribution in [1.29, 1.82) is 0 Å². The number of carboxylic acids is 1. The van der Waals surface area contributed by atoms with E-state index in [9.17, 15) is 18.0 Å². The van der Waals surface area contributed by atoms with Crippen molar-refractivity contribution in [2.24, 2.45) is 0 Å². The summed E-state index contributed by atoms with van der Waals surface area (Å²) >= 11 is 0. The number of halogens is 3. The summed E-state index contributed by atoms with van der Waals surface area (Å²) in [5.41, 5.74) is 1.87. The maximum absolute atomic E-state index is 12.3. The predicted octanol–water partition coefficient (Wildman–Crippen LogP) is 3.38. The molecule has 4 rings (SSSR count). The van der Waals surface area contributed by atoms with Crippen LogP contribution in [0.3, 0.4) is 0 Å². The Morgan fingerprint density at radius 3 is 2.39 bits per heavy atom. The number of carbonyl (C=O) groups excluding carboxylic acids is 1. The summed E-state index contributed by atoms with van der Waals surface area (Å²) in [4.78, 5) is 28.3. The molecule has 0 spiro atoms. The molecule has 1 amide bonds. The van der Waals surface area contributed by atoms with E-state index in [0.29, 0.717) is 11.7 Å². The van der Waals surface area contributed by atoms with Gasteiger partial charge in [0.15, 0.2) is 0 Å². The molecule has 0 saturated heterocycles. The Bertz CT molecular complexity index is 910. The van der Waals surface area contributed by atoms with Crippen LogP contribution in [-0.4, -0.2) is 50.2 Å². The van der Waals surface area contributed by atoms with Crippen molar-refractivity contribution in [3.8, 4) is 0 Å². The van der Waals surface area contributed by atoms with E-state index in [4.69, 9.17) is 9.90 Å². The number of nitrogens with one attached hydrogen (secondary N) is 1. The number of imidazole rings is 1. The number of aliphatic carboxylic acids is 1. The summed E-state index contributed by atoms with van der Waals surface area (Å²) in [5.74, 6) is -1.79. The van der Waals surface area contributed by atoms with Crippen LogP contribution >= 0.6 is 0 Å². The first-order chi connectivity index (χ1) is 14.6. The molecule has 1 aliphatic carbocycles. The average molecular weight is 438 g/mol. The lowest BCUT2D eigenvalue weighted by molar-refractivity contribution is -0.192. The lowest BCUT2D eigenvalue weighted by atomic mass is 9.93. The Morgan fingerprint density at radius 2 is 1.84 bits per heavy atom. The number of aromatic nitrogens is 2. The van der Waals surface area contributed by atoms with Gasteiger partial charge >= 0.3 is 12.1 Å². The molecule has 1 aromatic carbocycles. The fourth-order valence-electron chi connectivity index (χ4n) is 3.49. The van der Waals surface area contributed by atoms with Gasteiger partial charge in [-0.05, 0) is 31.7 Å². The maximum Gasteiger partial charge on any atom is 0.490 e. The molecule has 1 saturated carbocycles. The topological polar surface area (TPSA) is 87.5 Å². The summed E-state index contributed by atoms with van der Waals surface area (Å²) in [6.07, 6.45) is 0.247. The van der Waals surface area contributed by atoms with E-state index in [-0.39, 0.29) is 11.9 Å². The highest BCUT2D eigenvalue weighted by atomic mass is 19.4. The van der Waals surface area contributed by atoms with E-state index in [0.717, 1.165) is 38.3 Å². The number of carboxylic acid groups (broad SMARTS) is 1. The molecule has 2 N–H and O–H groups in total. The fraction of sp³-hybridized carbons (Fsp3) is 0.476. The van der Waals surface area contributed by atoms with Crippen molar-refractivity contribution in [2.45, 2.75) is 57.5 Å². The quantitative estimate of drug-likeness (QED) is 0.764. The van der Waals surface area contributed by atoms with Gasteiger partial charge in [0.1, 0.15) is 11.5 Å². The third-order valence-corrected chi connectivity index (χ3v) is 5.50. The Hall–Kier alpha value is -2.88. The van der Waals surface area contributed by atoms with Crippen LogP contribution in [0.15, 0.2) is 36.5 Å². The van der Waals surface area contributed by atoms with Crippen molar-refractivity contribution in [3.63, 3.8) is 0 Å². The highest BCUT2D eigenvalue weighted by Gasteiger charge is 2.38. The predicted molar refractivity (Wildman–Crippen MR) is 106 cm³/mol. The third-order valence-electron chi connectivity index (χ3n) is 5.50. The molecular formula is C21H25F3N4O3. The minimum Gasteiger partial charge on any atom is -0.475 e. The average Bonchev–Trinajstić information content (AvgIpc) is 3.13. The largest absolute Gasteiger partial charge is 0.490 e. The first-order valence-corrected chi connectivity index (χ1v) is 10.1. The molecule has 1 atom stereocenters. The molecule has 0 bridgehead atoms. The van der Waals surface area contributed by atoms with Crippen molar-refractivity contribution < 1.29 is 27.9 Å². The number of amides is 1. The summed E-state index contributed by atoms with van der Waals surface area (Å²) < 4.78 is 33.9. The minimum absolute atomic E-state index is 0.0246. The van der Waals surface area contributed by atoms with Gasteiger partial charge in [0.25, 0.3) is 5.91 Å². The second-order valence-electron chi connectivity index (χ2n) is 7.71. The number of hydrogen-bond acceptors (Lipinski definition) is 4. The van der Waals surface area contributed by atoms with Crippen LogP contribution in [-0.2, 0) is 17.9 Å². The van der Waals surface area contributed by atoms with Crippen molar-refractivity contribution in [2.75, 3.05) is 6.54 Å². The Morgan fingerprint density at radius 1 is 1.19 bits per heavy atom. The highest BCUT2D eigenvalue weighted by Crippen LogP contribution is 2.26. The van der Waals surface area contributed by atoms with Gasteiger partial charge in [-0.2, -0.15) is 13.2 Å². The summed E-state index contributed by atoms with van der Waals surface area (Å²) in [7, 11) is 0. The molecule has 2 aromatic rings. The first kappa shape index (κ1) is 22.8. The molecule has 2 aliphatic rings. The van der Waals surface area contributed by atoms with Crippen LogP contribution in [0.4, 0.5) is 13.2 Å². The Labute approximate surface area is 177 Å². The van der Waals surface area contributed by atoms with Gasteiger partial charge in [0.05, 0.1) is 6.04 Å². The van der Waals surface area contributed by atoms with E-state index in [1.54, 1.807) is 0 Å².